The SMILES string of the molecule is CCCCCC/C=C\C=C/CCCCCCCC(=O)OC[C@H](COP(=O)(O)OC[C@@H](O)COP(=O)(O)OC[C@@H](COC(=O)CCCCCCC)OC(=O)CCCCCCC/C=C\C=C/CCCCCC)OC(=O)CCCCCCCCCCCCCCCC(C)C. The quantitative estimate of drug-likeness (QED) is 0.0169. The summed E-state index contributed by atoms with van der Waals surface area (Å²) in [5, 5.41) is 10.6. The number of carbonyl (C=O) groups is 4. The summed E-state index contributed by atoms with van der Waals surface area (Å²) in [7, 11) is -9.92. The van der Waals surface area contributed by atoms with Gasteiger partial charge in [0.25, 0.3) is 0 Å². The van der Waals surface area contributed by atoms with Crippen LogP contribution in [0.5, 0.6) is 0 Å². The number of phosphoric acid groups is 2. The molecule has 0 fully saturated rings. The summed E-state index contributed by atoms with van der Waals surface area (Å²) in [6.45, 7) is 7.05. The van der Waals surface area contributed by atoms with Gasteiger partial charge in [0.1, 0.15) is 19.3 Å². The van der Waals surface area contributed by atoms with E-state index in [9.17, 15) is 43.2 Å². The standard InChI is InChI=1S/C72H132O17P2/c1-6-9-12-15-17-19-21-23-25-29-33-37-41-46-51-56-70(75)83-62-68(89-72(77)58-53-48-43-39-35-31-27-28-32-36-40-45-49-54-65(4)5)64-87-91(80,81)85-60-66(73)59-84-90(78,79)86-63-67(61-82-69(74)55-50-44-14-11-8-3)88-71(76)57-52-47-42-38-34-30-26-24-22-20-18-16-13-10-7-2/h19-26,65-68,73H,6-18,27-64H2,1-5H3,(H,78,79)(H,80,81)/b21-19-,22-20-,25-23-,26-24-/t66-,67+,68+/m0/s1. The zero-order chi connectivity index (χ0) is 67.0. The Morgan fingerprint density at radius 1 is 0.341 bits per heavy atom. The summed E-state index contributed by atoms with van der Waals surface area (Å²) < 4.78 is 68.1. The van der Waals surface area contributed by atoms with Crippen LogP contribution in [0.15, 0.2) is 48.6 Å². The van der Waals surface area contributed by atoms with Crippen LogP contribution in [0.2, 0.25) is 0 Å². The van der Waals surface area contributed by atoms with Crippen molar-refractivity contribution >= 4 is 39.5 Å². The highest BCUT2D eigenvalue weighted by Gasteiger charge is 2.30. The highest BCUT2D eigenvalue weighted by Crippen LogP contribution is 2.45. The van der Waals surface area contributed by atoms with Crippen molar-refractivity contribution in [3.8, 4) is 0 Å². The molecule has 0 spiro atoms. The molecular weight excluding hydrogens is 1200 g/mol. The molecule has 532 valence electrons. The number of carbonyl (C=O) groups excluding carboxylic acids is 4. The average molecular weight is 1330 g/mol. The molecule has 0 saturated heterocycles. The molecule has 17 nitrogen and oxygen atoms in total. The molecule has 5 atom stereocenters. The molecule has 91 heavy (non-hydrogen) atoms. The Labute approximate surface area is 553 Å². The molecule has 0 heterocycles. The van der Waals surface area contributed by atoms with Crippen LogP contribution in [-0.2, 0) is 65.4 Å². The van der Waals surface area contributed by atoms with Gasteiger partial charge in [0, 0.05) is 25.7 Å². The monoisotopic (exact) mass is 1330 g/mol. The summed E-state index contributed by atoms with van der Waals surface area (Å²) in [4.78, 5) is 72.3. The van der Waals surface area contributed by atoms with Gasteiger partial charge in [-0.3, -0.25) is 37.3 Å². The van der Waals surface area contributed by atoms with Gasteiger partial charge in [-0.05, 0) is 83.0 Å². The lowest BCUT2D eigenvalue weighted by Gasteiger charge is -2.21. The first kappa shape index (κ1) is 88.0. The first-order chi connectivity index (χ1) is 44.0. The Morgan fingerprint density at radius 2 is 0.593 bits per heavy atom. The number of esters is 4. The molecule has 0 aliphatic rings. The van der Waals surface area contributed by atoms with E-state index in [1.807, 2.05) is 0 Å². The van der Waals surface area contributed by atoms with E-state index >= 15 is 0 Å². The second-order valence-electron chi connectivity index (χ2n) is 25.1. The summed E-state index contributed by atoms with van der Waals surface area (Å²) in [6, 6.07) is 0. The van der Waals surface area contributed by atoms with Crippen LogP contribution in [0.4, 0.5) is 0 Å². The lowest BCUT2D eigenvalue weighted by molar-refractivity contribution is -0.161. The van der Waals surface area contributed by atoms with Gasteiger partial charge in [-0.1, -0.05) is 269 Å². The fourth-order valence-corrected chi connectivity index (χ4v) is 11.5. The van der Waals surface area contributed by atoms with Crippen molar-refractivity contribution in [1.29, 1.82) is 0 Å². The fourth-order valence-electron chi connectivity index (χ4n) is 9.92. The van der Waals surface area contributed by atoms with E-state index in [1.165, 1.54) is 109 Å². The number of aliphatic hydroxyl groups excluding tert-OH is 1. The van der Waals surface area contributed by atoms with E-state index in [2.05, 4.69) is 83.2 Å². The number of allylic oxidation sites excluding steroid dienone is 8. The normalized spacial score (nSPS) is 14.4. The number of hydrogen-bond donors (Lipinski definition) is 3. The Morgan fingerprint density at radius 3 is 0.901 bits per heavy atom. The van der Waals surface area contributed by atoms with Crippen molar-refractivity contribution in [2.75, 3.05) is 39.6 Å². The fraction of sp³-hybridized carbons (Fsp3) is 0.833. The molecule has 0 radical (unpaired) electrons. The van der Waals surface area contributed by atoms with Crippen molar-refractivity contribution < 1.29 is 80.2 Å². The zero-order valence-electron chi connectivity index (χ0n) is 57.9. The van der Waals surface area contributed by atoms with Crippen molar-refractivity contribution in [2.45, 2.75) is 342 Å². The summed E-state index contributed by atoms with van der Waals surface area (Å²) in [5.41, 5.74) is 0. The van der Waals surface area contributed by atoms with Crippen LogP contribution >= 0.6 is 15.6 Å². The lowest BCUT2D eigenvalue weighted by atomic mass is 10.0. The highest BCUT2D eigenvalue weighted by molar-refractivity contribution is 7.47. The number of phosphoric ester groups is 2. The Bertz CT molecular complexity index is 1940. The van der Waals surface area contributed by atoms with Crippen molar-refractivity contribution in [2.24, 2.45) is 5.92 Å². The maximum atomic E-state index is 13.0. The van der Waals surface area contributed by atoms with E-state index in [4.69, 9.17) is 37.0 Å². The maximum Gasteiger partial charge on any atom is 0.472 e. The third kappa shape index (κ3) is 65.5. The van der Waals surface area contributed by atoms with E-state index in [0.29, 0.717) is 25.7 Å². The van der Waals surface area contributed by atoms with Gasteiger partial charge >= 0.3 is 39.5 Å². The van der Waals surface area contributed by atoms with Crippen molar-refractivity contribution in [3.05, 3.63) is 48.6 Å². The largest absolute Gasteiger partial charge is 0.472 e. The van der Waals surface area contributed by atoms with E-state index in [1.54, 1.807) is 0 Å². The predicted octanol–water partition coefficient (Wildman–Crippen LogP) is 20.0. The van der Waals surface area contributed by atoms with Gasteiger partial charge < -0.3 is 33.8 Å². The minimum absolute atomic E-state index is 0.0818. The molecule has 0 bridgehead atoms. The third-order valence-electron chi connectivity index (χ3n) is 15.5. The summed E-state index contributed by atoms with van der Waals surface area (Å²) >= 11 is 0. The molecule has 0 aliphatic carbocycles. The molecule has 2 unspecified atom stereocenters. The number of rotatable bonds is 68. The molecule has 0 rings (SSSR count). The minimum atomic E-state index is -4.96. The first-order valence-corrected chi connectivity index (χ1v) is 39.3. The van der Waals surface area contributed by atoms with Gasteiger partial charge in [0.15, 0.2) is 12.2 Å². The number of aliphatic hydroxyl groups is 1. The average Bonchev–Trinajstić information content (AvgIpc) is 3.64. The number of unbranched alkanes of at least 4 members (excludes halogenated alkanes) is 34. The Balaban J connectivity index is 5.22. The van der Waals surface area contributed by atoms with Gasteiger partial charge in [-0.2, -0.15) is 0 Å². The molecule has 0 aromatic heterocycles. The van der Waals surface area contributed by atoms with Crippen LogP contribution in [0.1, 0.15) is 324 Å². The topological polar surface area (TPSA) is 237 Å². The molecule has 3 N–H and O–H groups in total. The number of hydrogen-bond acceptors (Lipinski definition) is 15. The van der Waals surface area contributed by atoms with Crippen molar-refractivity contribution in [3.63, 3.8) is 0 Å². The third-order valence-corrected chi connectivity index (χ3v) is 17.4. The summed E-state index contributed by atoms with van der Waals surface area (Å²) in [6.07, 6.45) is 57.5. The molecule has 0 aromatic rings. The van der Waals surface area contributed by atoms with Gasteiger partial charge in [0.05, 0.1) is 26.4 Å². The molecular formula is C72H132O17P2. The second-order valence-corrected chi connectivity index (χ2v) is 28.0. The molecule has 0 amide bonds. The van der Waals surface area contributed by atoms with Crippen molar-refractivity contribution in [1.82, 2.24) is 0 Å². The Kier molecular flexibility index (Phi) is 62.3. The number of ether oxygens (including phenoxy) is 4. The predicted molar refractivity (Wildman–Crippen MR) is 367 cm³/mol. The van der Waals surface area contributed by atoms with E-state index in [0.717, 1.165) is 134 Å². The van der Waals surface area contributed by atoms with E-state index < -0.39 is 97.5 Å². The van der Waals surface area contributed by atoms with Gasteiger partial charge in [-0.25, -0.2) is 9.13 Å². The minimum Gasteiger partial charge on any atom is -0.462 e. The summed E-state index contributed by atoms with van der Waals surface area (Å²) in [5.74, 6) is -1.41. The van der Waals surface area contributed by atoms with Crippen LogP contribution in [0.25, 0.3) is 0 Å². The zero-order valence-corrected chi connectivity index (χ0v) is 59.7. The van der Waals surface area contributed by atoms with Crippen LogP contribution in [-0.4, -0.2) is 96.7 Å². The lowest BCUT2D eigenvalue weighted by Crippen LogP contribution is -2.30. The van der Waals surface area contributed by atoms with E-state index in [-0.39, 0.29) is 25.7 Å². The maximum absolute atomic E-state index is 13.0. The molecule has 19 heteroatoms. The van der Waals surface area contributed by atoms with Crippen LogP contribution < -0.4 is 0 Å². The Hall–Kier alpha value is -2.98. The first-order valence-electron chi connectivity index (χ1n) is 36.3. The molecule has 0 aliphatic heterocycles. The highest BCUT2D eigenvalue weighted by atomic mass is 31.2. The van der Waals surface area contributed by atoms with Crippen LogP contribution in [0.3, 0.4) is 0 Å². The molecule has 0 saturated carbocycles. The van der Waals surface area contributed by atoms with Gasteiger partial charge in [0.2, 0.25) is 0 Å². The van der Waals surface area contributed by atoms with Gasteiger partial charge in [-0.15, -0.1) is 0 Å². The smallest absolute Gasteiger partial charge is 0.462 e. The molecule has 0 aromatic carbocycles. The van der Waals surface area contributed by atoms with Crippen LogP contribution in [0, 0.1) is 5.92 Å². The second kappa shape index (κ2) is 64.4.